The minimum absolute atomic E-state index is 0.113. The maximum absolute atomic E-state index is 12.4. The Labute approximate surface area is 176 Å². The monoisotopic (exact) mass is 444 g/mol. The summed E-state index contributed by atoms with van der Waals surface area (Å²) in [5, 5.41) is 3.04. The highest BCUT2D eigenvalue weighted by molar-refractivity contribution is 9.10. The van der Waals surface area contributed by atoms with Crippen LogP contribution >= 0.6 is 15.9 Å². The van der Waals surface area contributed by atoms with Gasteiger partial charge in [0.1, 0.15) is 12.4 Å². The van der Waals surface area contributed by atoms with E-state index in [9.17, 15) is 4.79 Å². The van der Waals surface area contributed by atoms with Crippen LogP contribution in [0.5, 0.6) is 5.75 Å². The van der Waals surface area contributed by atoms with Gasteiger partial charge in [-0.05, 0) is 74.7 Å². The number of likely N-dealkylation sites (tertiary alicyclic amines) is 1. The number of carbonyl (C=O) groups excluding carboxylic acids is 1. The molecule has 0 aromatic heterocycles. The highest BCUT2D eigenvalue weighted by Gasteiger charge is 2.24. The summed E-state index contributed by atoms with van der Waals surface area (Å²) in [7, 11) is 0. The molecule has 0 atom stereocenters. The number of piperidine rings is 1. The first-order chi connectivity index (χ1) is 13.5. The van der Waals surface area contributed by atoms with Gasteiger partial charge in [0.2, 0.25) is 5.91 Å². The van der Waals surface area contributed by atoms with Gasteiger partial charge in [-0.1, -0.05) is 40.2 Å². The second-order valence-electron chi connectivity index (χ2n) is 7.59. The first-order valence-corrected chi connectivity index (χ1v) is 10.7. The summed E-state index contributed by atoms with van der Waals surface area (Å²) in [6.07, 6.45) is 1.83. The molecule has 1 aliphatic rings. The van der Waals surface area contributed by atoms with E-state index >= 15 is 0 Å². The molecule has 1 saturated heterocycles. The maximum atomic E-state index is 12.4. The third-order valence-corrected chi connectivity index (χ3v) is 5.81. The first-order valence-electron chi connectivity index (χ1n) is 9.96. The van der Waals surface area contributed by atoms with Crippen molar-refractivity contribution in [3.05, 3.63) is 63.6 Å². The van der Waals surface area contributed by atoms with E-state index in [1.165, 1.54) is 11.1 Å². The Bertz CT molecular complexity index is 784. The van der Waals surface area contributed by atoms with Crippen molar-refractivity contribution in [3.8, 4) is 5.75 Å². The summed E-state index contributed by atoms with van der Waals surface area (Å²) >= 11 is 3.47. The third kappa shape index (κ3) is 6.08. The molecule has 4 nitrogen and oxygen atoms in total. The van der Waals surface area contributed by atoms with Gasteiger partial charge in [0.15, 0.2) is 0 Å². The van der Waals surface area contributed by atoms with Crippen molar-refractivity contribution in [2.75, 3.05) is 26.2 Å². The second-order valence-corrected chi connectivity index (χ2v) is 8.50. The van der Waals surface area contributed by atoms with Gasteiger partial charge in [0.25, 0.3) is 0 Å². The summed E-state index contributed by atoms with van der Waals surface area (Å²) in [6.45, 7) is 8.02. The van der Waals surface area contributed by atoms with Crippen LogP contribution in [0.3, 0.4) is 0 Å². The van der Waals surface area contributed by atoms with Gasteiger partial charge >= 0.3 is 0 Å². The largest absolute Gasteiger partial charge is 0.491 e. The molecule has 0 radical (unpaired) electrons. The zero-order chi connectivity index (χ0) is 19.9. The fraction of sp³-hybridized carbons (Fsp3) is 0.435. The summed E-state index contributed by atoms with van der Waals surface area (Å²) in [5.74, 6) is 1.17. The Kier molecular flexibility index (Phi) is 7.51. The van der Waals surface area contributed by atoms with Crippen molar-refractivity contribution in [2.24, 2.45) is 5.92 Å². The molecule has 2 aromatic rings. The third-order valence-electron chi connectivity index (χ3n) is 5.28. The van der Waals surface area contributed by atoms with E-state index in [0.717, 1.165) is 48.3 Å². The summed E-state index contributed by atoms with van der Waals surface area (Å²) in [4.78, 5) is 14.9. The summed E-state index contributed by atoms with van der Waals surface area (Å²) < 4.78 is 6.93. The van der Waals surface area contributed by atoms with Gasteiger partial charge in [-0.2, -0.15) is 0 Å². The smallest absolute Gasteiger partial charge is 0.223 e. The molecule has 1 aliphatic heterocycles. The highest BCUT2D eigenvalue weighted by Crippen LogP contribution is 2.21. The molecular formula is C23H29BrN2O2. The molecule has 1 amide bonds. The van der Waals surface area contributed by atoms with Crippen LogP contribution in [0, 0.1) is 19.8 Å². The molecule has 0 spiro atoms. The lowest BCUT2D eigenvalue weighted by atomic mass is 9.95. The Morgan fingerprint density at radius 3 is 2.57 bits per heavy atom. The number of rotatable bonds is 7. The average molecular weight is 445 g/mol. The predicted molar refractivity (Wildman–Crippen MR) is 117 cm³/mol. The molecule has 0 unspecified atom stereocenters. The molecular weight excluding hydrogens is 416 g/mol. The van der Waals surface area contributed by atoms with Gasteiger partial charge < -0.3 is 10.1 Å². The van der Waals surface area contributed by atoms with Crippen LogP contribution < -0.4 is 10.1 Å². The highest BCUT2D eigenvalue weighted by atomic mass is 79.9. The predicted octanol–water partition coefficient (Wildman–Crippen LogP) is 4.47. The molecule has 0 saturated carbocycles. The molecule has 1 heterocycles. The number of amides is 1. The van der Waals surface area contributed by atoms with E-state index in [1.54, 1.807) is 0 Å². The standard InChI is InChI=1S/C23H29BrN2O2/c1-17-3-4-18(2)22(15-17)28-14-11-25-23(27)20-9-12-26(13-10-20)16-19-5-7-21(24)8-6-19/h3-8,15,20H,9-14,16H2,1-2H3,(H,25,27). The van der Waals surface area contributed by atoms with Crippen LogP contribution in [0.4, 0.5) is 0 Å². The minimum Gasteiger partial charge on any atom is -0.491 e. The van der Waals surface area contributed by atoms with Crippen molar-refractivity contribution < 1.29 is 9.53 Å². The number of hydrogen-bond donors (Lipinski definition) is 1. The van der Waals surface area contributed by atoms with E-state index in [0.29, 0.717) is 13.2 Å². The quantitative estimate of drug-likeness (QED) is 0.640. The first kappa shape index (κ1) is 20.9. The number of benzene rings is 2. The Balaban J connectivity index is 1.35. The Morgan fingerprint density at radius 1 is 1.14 bits per heavy atom. The van der Waals surface area contributed by atoms with E-state index in [2.05, 4.69) is 69.5 Å². The topological polar surface area (TPSA) is 41.6 Å². The molecule has 5 heteroatoms. The fourth-order valence-corrected chi connectivity index (χ4v) is 3.81. The SMILES string of the molecule is Cc1ccc(C)c(OCCNC(=O)C2CCN(Cc3ccc(Br)cc3)CC2)c1. The Hall–Kier alpha value is -1.85. The minimum atomic E-state index is 0.113. The number of ether oxygens (including phenoxy) is 1. The summed E-state index contributed by atoms with van der Waals surface area (Å²) in [6, 6.07) is 14.6. The normalized spacial score (nSPS) is 15.4. The molecule has 1 fully saturated rings. The molecule has 3 rings (SSSR count). The van der Waals surface area contributed by atoms with Gasteiger partial charge in [-0.15, -0.1) is 0 Å². The lowest BCUT2D eigenvalue weighted by molar-refractivity contribution is -0.126. The number of carbonyl (C=O) groups is 1. The number of aryl methyl sites for hydroxylation is 2. The van der Waals surface area contributed by atoms with Crippen LogP contribution in [0.25, 0.3) is 0 Å². The van der Waals surface area contributed by atoms with Crippen LogP contribution in [0.15, 0.2) is 46.9 Å². The summed E-state index contributed by atoms with van der Waals surface area (Å²) in [5.41, 5.74) is 3.62. The van der Waals surface area contributed by atoms with Crippen molar-refractivity contribution in [1.82, 2.24) is 10.2 Å². The van der Waals surface area contributed by atoms with E-state index in [4.69, 9.17) is 4.74 Å². The van der Waals surface area contributed by atoms with Gasteiger partial charge in [0.05, 0.1) is 6.54 Å². The molecule has 1 N–H and O–H groups in total. The number of halogens is 1. The molecule has 150 valence electrons. The van der Waals surface area contributed by atoms with Gasteiger partial charge in [-0.25, -0.2) is 0 Å². The van der Waals surface area contributed by atoms with E-state index < -0.39 is 0 Å². The zero-order valence-electron chi connectivity index (χ0n) is 16.7. The van der Waals surface area contributed by atoms with Gasteiger partial charge in [-0.3, -0.25) is 9.69 Å². The molecule has 0 bridgehead atoms. The van der Waals surface area contributed by atoms with Crippen LogP contribution in [0.1, 0.15) is 29.5 Å². The van der Waals surface area contributed by atoms with E-state index in [1.807, 2.05) is 13.0 Å². The number of nitrogens with zero attached hydrogens (tertiary/aromatic N) is 1. The average Bonchev–Trinajstić information content (AvgIpc) is 2.70. The van der Waals surface area contributed by atoms with Crippen molar-refractivity contribution in [2.45, 2.75) is 33.2 Å². The lowest BCUT2D eigenvalue weighted by Gasteiger charge is -2.31. The van der Waals surface area contributed by atoms with Crippen LogP contribution in [-0.2, 0) is 11.3 Å². The number of nitrogens with one attached hydrogen (secondary N) is 1. The molecule has 0 aliphatic carbocycles. The van der Waals surface area contributed by atoms with Gasteiger partial charge in [0, 0.05) is 16.9 Å². The number of hydrogen-bond acceptors (Lipinski definition) is 3. The Morgan fingerprint density at radius 2 is 1.86 bits per heavy atom. The van der Waals surface area contributed by atoms with Crippen molar-refractivity contribution in [3.63, 3.8) is 0 Å². The maximum Gasteiger partial charge on any atom is 0.223 e. The fourth-order valence-electron chi connectivity index (χ4n) is 3.54. The van der Waals surface area contributed by atoms with Crippen molar-refractivity contribution in [1.29, 1.82) is 0 Å². The lowest BCUT2D eigenvalue weighted by Crippen LogP contribution is -2.41. The van der Waals surface area contributed by atoms with Crippen LogP contribution in [-0.4, -0.2) is 37.0 Å². The molecule has 28 heavy (non-hydrogen) atoms. The zero-order valence-corrected chi connectivity index (χ0v) is 18.3. The van der Waals surface area contributed by atoms with E-state index in [-0.39, 0.29) is 11.8 Å². The van der Waals surface area contributed by atoms with Crippen molar-refractivity contribution >= 4 is 21.8 Å². The molecule has 2 aromatic carbocycles. The van der Waals surface area contributed by atoms with Crippen LogP contribution in [0.2, 0.25) is 0 Å². The second kappa shape index (κ2) is 10.1.